The van der Waals surface area contributed by atoms with E-state index in [2.05, 4.69) is 29.1 Å². The summed E-state index contributed by atoms with van der Waals surface area (Å²) in [5.41, 5.74) is 0.864. The summed E-state index contributed by atoms with van der Waals surface area (Å²) in [5.74, 6) is 1.51. The maximum Gasteiger partial charge on any atom is 0.251 e. The molecule has 1 atom stereocenters. The van der Waals surface area contributed by atoms with Gasteiger partial charge < -0.3 is 10.3 Å². The highest BCUT2D eigenvalue weighted by Gasteiger charge is 2.18. The largest absolute Gasteiger partial charge is 0.316 e. The highest BCUT2D eigenvalue weighted by molar-refractivity contribution is 5.10. The highest BCUT2D eigenvalue weighted by Crippen LogP contribution is 2.20. The third-order valence-electron chi connectivity index (χ3n) is 3.05. The molecule has 1 fully saturated rings. The van der Waals surface area contributed by atoms with Crippen molar-refractivity contribution in [2.75, 3.05) is 13.1 Å². The monoisotopic (exact) mass is 221 g/mol. The zero-order chi connectivity index (χ0) is 11.5. The van der Waals surface area contributed by atoms with Gasteiger partial charge in [0.25, 0.3) is 5.56 Å². The fraction of sp³-hybridized carbons (Fsp3) is 0.667. The summed E-state index contributed by atoms with van der Waals surface area (Å²) in [6.45, 7) is 6.12. The zero-order valence-electron chi connectivity index (χ0n) is 9.92. The standard InChI is InChI=1S/C12H19N3O/c1-8(2)10-6-11(16)15-12(14-10)9-4-3-5-13-7-9/h6,8-9,13H,3-5,7H2,1-2H3,(H,14,15,16). The molecule has 16 heavy (non-hydrogen) atoms. The topological polar surface area (TPSA) is 57.8 Å². The molecule has 0 saturated carbocycles. The summed E-state index contributed by atoms with van der Waals surface area (Å²) in [6, 6.07) is 1.60. The van der Waals surface area contributed by atoms with Crippen LogP contribution in [0.4, 0.5) is 0 Å². The van der Waals surface area contributed by atoms with Gasteiger partial charge >= 0.3 is 0 Å². The number of hydrogen-bond acceptors (Lipinski definition) is 3. The lowest BCUT2D eigenvalue weighted by Gasteiger charge is -2.22. The first-order valence-electron chi connectivity index (χ1n) is 5.98. The van der Waals surface area contributed by atoms with Crippen molar-refractivity contribution in [3.05, 3.63) is 27.9 Å². The zero-order valence-corrected chi connectivity index (χ0v) is 9.92. The van der Waals surface area contributed by atoms with Gasteiger partial charge in [0.1, 0.15) is 5.82 Å². The first-order chi connectivity index (χ1) is 7.66. The molecule has 1 saturated heterocycles. The Morgan fingerprint density at radius 2 is 2.31 bits per heavy atom. The van der Waals surface area contributed by atoms with Crippen LogP contribution in [0.25, 0.3) is 0 Å². The van der Waals surface area contributed by atoms with Gasteiger partial charge in [0.2, 0.25) is 0 Å². The minimum atomic E-state index is -0.0285. The lowest BCUT2D eigenvalue weighted by Crippen LogP contribution is -2.30. The number of nitrogens with one attached hydrogen (secondary N) is 2. The van der Waals surface area contributed by atoms with Gasteiger partial charge in [-0.2, -0.15) is 0 Å². The molecule has 2 heterocycles. The Morgan fingerprint density at radius 3 is 2.94 bits per heavy atom. The van der Waals surface area contributed by atoms with Crippen LogP contribution in [0.3, 0.4) is 0 Å². The van der Waals surface area contributed by atoms with Gasteiger partial charge in [-0.3, -0.25) is 4.79 Å². The molecule has 4 heteroatoms. The van der Waals surface area contributed by atoms with E-state index in [1.165, 1.54) is 0 Å². The van der Waals surface area contributed by atoms with Crippen LogP contribution >= 0.6 is 0 Å². The molecule has 1 unspecified atom stereocenters. The average Bonchev–Trinajstić information content (AvgIpc) is 2.29. The van der Waals surface area contributed by atoms with E-state index >= 15 is 0 Å². The Kier molecular flexibility index (Phi) is 3.39. The van der Waals surface area contributed by atoms with Crippen LogP contribution in [0.15, 0.2) is 10.9 Å². The van der Waals surface area contributed by atoms with Gasteiger partial charge in [-0.25, -0.2) is 4.98 Å². The number of aromatic nitrogens is 2. The third-order valence-corrected chi connectivity index (χ3v) is 3.05. The summed E-state index contributed by atoms with van der Waals surface area (Å²) in [6.07, 6.45) is 2.26. The molecule has 0 aromatic carbocycles. The number of nitrogens with zero attached hydrogens (tertiary/aromatic N) is 1. The minimum Gasteiger partial charge on any atom is -0.316 e. The summed E-state index contributed by atoms with van der Waals surface area (Å²) in [5, 5.41) is 3.34. The van der Waals surface area contributed by atoms with Crippen molar-refractivity contribution >= 4 is 0 Å². The molecule has 0 spiro atoms. The molecule has 0 bridgehead atoms. The Balaban J connectivity index is 2.29. The molecular formula is C12H19N3O. The molecule has 4 nitrogen and oxygen atoms in total. The van der Waals surface area contributed by atoms with Crippen LogP contribution in [0.1, 0.15) is 50.0 Å². The van der Waals surface area contributed by atoms with Gasteiger partial charge in [-0.15, -0.1) is 0 Å². The number of rotatable bonds is 2. The molecule has 2 rings (SSSR count). The van der Waals surface area contributed by atoms with E-state index in [0.717, 1.165) is 37.4 Å². The van der Waals surface area contributed by atoms with Gasteiger partial charge in [-0.1, -0.05) is 13.8 Å². The number of H-pyrrole nitrogens is 1. The second kappa shape index (κ2) is 4.78. The molecule has 0 radical (unpaired) electrons. The minimum absolute atomic E-state index is 0.0285. The van der Waals surface area contributed by atoms with Crippen molar-refractivity contribution in [3.63, 3.8) is 0 Å². The first-order valence-corrected chi connectivity index (χ1v) is 5.98. The van der Waals surface area contributed by atoms with Crippen molar-refractivity contribution in [1.82, 2.24) is 15.3 Å². The SMILES string of the molecule is CC(C)c1cc(=O)[nH]c(C2CCCNC2)n1. The predicted molar refractivity (Wildman–Crippen MR) is 63.8 cm³/mol. The van der Waals surface area contributed by atoms with Crippen molar-refractivity contribution in [1.29, 1.82) is 0 Å². The van der Waals surface area contributed by atoms with E-state index < -0.39 is 0 Å². The number of piperidine rings is 1. The van der Waals surface area contributed by atoms with Crippen LogP contribution in [0.5, 0.6) is 0 Å². The summed E-state index contributed by atoms with van der Waals surface area (Å²) >= 11 is 0. The molecule has 0 aliphatic carbocycles. The van der Waals surface area contributed by atoms with E-state index in [4.69, 9.17) is 0 Å². The molecule has 2 N–H and O–H groups in total. The van der Waals surface area contributed by atoms with E-state index in [1.807, 2.05) is 0 Å². The molecule has 1 aliphatic rings. The lowest BCUT2D eigenvalue weighted by atomic mass is 9.98. The lowest BCUT2D eigenvalue weighted by molar-refractivity contribution is 0.444. The Hall–Kier alpha value is -1.16. The first kappa shape index (κ1) is 11.3. The van der Waals surface area contributed by atoms with Crippen LogP contribution in [-0.2, 0) is 0 Å². The van der Waals surface area contributed by atoms with Crippen molar-refractivity contribution < 1.29 is 0 Å². The van der Waals surface area contributed by atoms with Crippen molar-refractivity contribution in [2.24, 2.45) is 0 Å². The Labute approximate surface area is 95.5 Å². The normalized spacial score (nSPS) is 21.3. The highest BCUT2D eigenvalue weighted by atomic mass is 16.1. The fourth-order valence-corrected chi connectivity index (χ4v) is 2.07. The van der Waals surface area contributed by atoms with E-state index in [9.17, 15) is 4.79 Å². The van der Waals surface area contributed by atoms with Crippen LogP contribution in [-0.4, -0.2) is 23.1 Å². The fourth-order valence-electron chi connectivity index (χ4n) is 2.07. The van der Waals surface area contributed by atoms with Crippen molar-refractivity contribution in [3.8, 4) is 0 Å². The molecule has 1 aromatic rings. The Morgan fingerprint density at radius 1 is 1.50 bits per heavy atom. The molecule has 1 aromatic heterocycles. The van der Waals surface area contributed by atoms with Gasteiger partial charge in [0.05, 0.1) is 5.69 Å². The average molecular weight is 221 g/mol. The summed E-state index contributed by atoms with van der Waals surface area (Å²) < 4.78 is 0. The van der Waals surface area contributed by atoms with E-state index in [0.29, 0.717) is 11.8 Å². The van der Waals surface area contributed by atoms with Gasteiger partial charge in [0.15, 0.2) is 0 Å². The molecular weight excluding hydrogens is 202 g/mol. The number of aromatic amines is 1. The smallest absolute Gasteiger partial charge is 0.251 e. The summed E-state index contributed by atoms with van der Waals surface area (Å²) in [7, 11) is 0. The molecule has 0 amide bonds. The number of hydrogen-bond donors (Lipinski definition) is 2. The predicted octanol–water partition coefficient (Wildman–Crippen LogP) is 1.36. The second-order valence-electron chi connectivity index (χ2n) is 4.75. The van der Waals surface area contributed by atoms with Crippen LogP contribution in [0, 0.1) is 0 Å². The van der Waals surface area contributed by atoms with Crippen LogP contribution in [0.2, 0.25) is 0 Å². The van der Waals surface area contributed by atoms with Crippen LogP contribution < -0.4 is 10.9 Å². The third kappa shape index (κ3) is 2.50. The Bertz CT molecular complexity index is 405. The summed E-state index contributed by atoms with van der Waals surface area (Å²) in [4.78, 5) is 19.0. The van der Waals surface area contributed by atoms with E-state index in [1.54, 1.807) is 6.07 Å². The van der Waals surface area contributed by atoms with E-state index in [-0.39, 0.29) is 5.56 Å². The maximum atomic E-state index is 11.5. The maximum absolute atomic E-state index is 11.5. The van der Waals surface area contributed by atoms with Crippen molar-refractivity contribution in [2.45, 2.75) is 38.5 Å². The van der Waals surface area contributed by atoms with Gasteiger partial charge in [0, 0.05) is 18.5 Å². The second-order valence-corrected chi connectivity index (χ2v) is 4.75. The molecule has 88 valence electrons. The quantitative estimate of drug-likeness (QED) is 0.792. The molecule has 1 aliphatic heterocycles. The van der Waals surface area contributed by atoms with Gasteiger partial charge in [-0.05, 0) is 25.3 Å².